The second-order valence-corrected chi connectivity index (χ2v) is 18.0. The van der Waals surface area contributed by atoms with Crippen LogP contribution in [-0.4, -0.2) is 123 Å². The van der Waals surface area contributed by atoms with E-state index in [0.29, 0.717) is 99.0 Å². The average molecular weight is 938 g/mol. The molecule has 13 nitrogen and oxygen atoms in total. The Balaban J connectivity index is 0.866. The summed E-state index contributed by atoms with van der Waals surface area (Å²) in [6.07, 6.45) is 5.98. The van der Waals surface area contributed by atoms with Crippen molar-refractivity contribution in [2.45, 2.75) is 63.7 Å². The lowest BCUT2D eigenvalue weighted by molar-refractivity contribution is -0.157. The minimum Gasteiger partial charge on any atom is -0.366 e. The molecule has 8 rings (SSSR count). The third-order valence-corrected chi connectivity index (χ3v) is 13.3. The number of carbonyl (C=O) groups is 1. The van der Waals surface area contributed by atoms with E-state index in [4.69, 9.17) is 79.6 Å². The maximum absolute atomic E-state index is 14.7. The van der Waals surface area contributed by atoms with E-state index in [1.165, 1.54) is 0 Å². The van der Waals surface area contributed by atoms with E-state index in [0.717, 1.165) is 88.9 Å². The van der Waals surface area contributed by atoms with Gasteiger partial charge in [-0.05, 0) is 61.1 Å². The number of hydrogen-bond acceptors (Lipinski definition) is 13. The van der Waals surface area contributed by atoms with Crippen LogP contribution in [0.25, 0.3) is 0 Å². The number of carbonyl (C=O) groups excluding carboxylic acids is 1. The van der Waals surface area contributed by atoms with E-state index in [1.807, 2.05) is 24.3 Å². The maximum atomic E-state index is 14.7. The molecular formula is C41H48Cl6N12O. The summed E-state index contributed by atoms with van der Waals surface area (Å²) in [5, 5.41) is 19.2. The third-order valence-electron chi connectivity index (χ3n) is 11.7. The molecule has 4 aromatic rings. The minimum absolute atomic E-state index is 0.149. The van der Waals surface area contributed by atoms with Crippen LogP contribution in [0.2, 0.25) is 30.4 Å². The Morgan fingerprint density at radius 1 is 0.533 bits per heavy atom. The lowest BCUT2D eigenvalue weighted by Crippen LogP contribution is -2.65. The number of ketones is 1. The Bertz CT molecular complexity index is 1990. The van der Waals surface area contributed by atoms with Crippen molar-refractivity contribution in [3.8, 4) is 0 Å². The van der Waals surface area contributed by atoms with Crippen LogP contribution in [-0.2, 0) is 17.9 Å². The van der Waals surface area contributed by atoms with Gasteiger partial charge in [-0.25, -0.2) is 30.0 Å². The van der Waals surface area contributed by atoms with Gasteiger partial charge in [0.25, 0.3) is 0 Å². The fourth-order valence-electron chi connectivity index (χ4n) is 8.59. The number of Topliss-reactive ketones (excluding diaryl/α,β-unsaturated/α-hetero) is 1. The van der Waals surface area contributed by atoms with Gasteiger partial charge in [0, 0.05) is 111 Å². The summed E-state index contributed by atoms with van der Waals surface area (Å²) < 4.78 is 0. The molecule has 0 amide bonds. The van der Waals surface area contributed by atoms with Crippen molar-refractivity contribution >= 4 is 98.9 Å². The summed E-state index contributed by atoms with van der Waals surface area (Å²) in [5.41, 5.74) is 1.81. The van der Waals surface area contributed by atoms with Crippen LogP contribution in [0, 0.1) is 0 Å². The highest BCUT2D eigenvalue weighted by molar-refractivity contribution is 6.35. The number of rotatable bonds is 12. The monoisotopic (exact) mass is 934 g/mol. The first-order valence-electron chi connectivity index (χ1n) is 20.6. The van der Waals surface area contributed by atoms with Crippen molar-refractivity contribution in [2.24, 2.45) is 0 Å². The van der Waals surface area contributed by atoms with Crippen LogP contribution < -0.4 is 20.4 Å². The number of piperidine rings is 2. The molecule has 0 bridgehead atoms. The van der Waals surface area contributed by atoms with E-state index in [2.05, 4.69) is 50.4 Å². The van der Waals surface area contributed by atoms with Gasteiger partial charge in [0.15, 0.2) is 5.78 Å². The van der Waals surface area contributed by atoms with Crippen molar-refractivity contribution in [2.75, 3.05) is 85.9 Å². The SMILES string of the molecule is O=C([C@H]1CCCCN1N1CCN(c2nc(Cl)cc(NCc3ccc(Cl)cc3Cl)n2)CC1)[C@H]1CCCCN1N1CCN(c2nc(Cl)cc(NCc3ccc(Cl)cc3Cl)n2)CC1. The molecule has 19 heteroatoms. The van der Waals surface area contributed by atoms with Gasteiger partial charge >= 0.3 is 0 Å². The molecule has 4 fully saturated rings. The quantitative estimate of drug-likeness (QED) is 0.133. The summed E-state index contributed by atoms with van der Waals surface area (Å²) in [4.78, 5) is 37.8. The first-order chi connectivity index (χ1) is 29.1. The van der Waals surface area contributed by atoms with Crippen molar-refractivity contribution in [3.05, 3.63) is 90.1 Å². The first-order valence-corrected chi connectivity index (χ1v) is 22.9. The Morgan fingerprint density at radius 2 is 0.950 bits per heavy atom. The van der Waals surface area contributed by atoms with Crippen molar-refractivity contribution < 1.29 is 4.79 Å². The zero-order valence-electron chi connectivity index (χ0n) is 33.1. The fraction of sp³-hybridized carbons (Fsp3) is 0.488. The first kappa shape index (κ1) is 43.7. The van der Waals surface area contributed by atoms with E-state index in [9.17, 15) is 4.79 Å². The Morgan fingerprint density at radius 3 is 1.35 bits per heavy atom. The molecule has 0 radical (unpaired) electrons. The Kier molecular flexibility index (Phi) is 14.6. The molecule has 2 N–H and O–H groups in total. The van der Waals surface area contributed by atoms with Gasteiger partial charge in [0.2, 0.25) is 11.9 Å². The average Bonchev–Trinajstić information content (AvgIpc) is 3.25. The summed E-state index contributed by atoms with van der Waals surface area (Å²) in [5.74, 6) is 2.73. The highest BCUT2D eigenvalue weighted by Gasteiger charge is 2.42. The number of aromatic nitrogens is 4. The number of nitrogens with zero attached hydrogens (tertiary/aromatic N) is 10. The zero-order chi connectivity index (χ0) is 41.8. The van der Waals surface area contributed by atoms with E-state index >= 15 is 0 Å². The molecule has 0 saturated carbocycles. The molecule has 2 aromatic heterocycles. The number of benzene rings is 2. The standard InChI is InChI=1S/C41H48Cl6N12O/c42-29-9-7-27(31(44)21-29)25-48-37-23-35(46)50-40(52-37)54-13-17-56(18-14-54)58-11-3-1-5-33(58)39(60)34-6-2-4-12-59(34)57-19-15-55(16-20-57)41-51-36(47)24-38(53-41)49-26-28-8-10-30(43)22-32(28)45/h7-10,21-24,33-34H,1-6,11-20,25-26H2,(H,48,50,52)(H,49,51,53)/t33-,34-/m1/s1. The lowest BCUT2D eigenvalue weighted by atomic mass is 9.91. The molecule has 2 aromatic carbocycles. The van der Waals surface area contributed by atoms with Gasteiger partial charge in [0.05, 0.1) is 12.1 Å². The molecule has 0 spiro atoms. The zero-order valence-corrected chi connectivity index (χ0v) is 37.7. The van der Waals surface area contributed by atoms with E-state index in [-0.39, 0.29) is 12.1 Å². The predicted molar refractivity (Wildman–Crippen MR) is 243 cm³/mol. The Hall–Kier alpha value is -2.95. The van der Waals surface area contributed by atoms with Crippen LogP contribution in [0.4, 0.5) is 23.5 Å². The second kappa shape index (κ2) is 20.0. The van der Waals surface area contributed by atoms with Gasteiger partial charge in [0.1, 0.15) is 21.9 Å². The normalized spacial score (nSPS) is 21.3. The molecular weight excluding hydrogens is 889 g/mol. The summed E-state index contributed by atoms with van der Waals surface area (Å²) in [6, 6.07) is 14.0. The van der Waals surface area contributed by atoms with Gasteiger partial charge in [-0.15, -0.1) is 0 Å². The summed E-state index contributed by atoms with van der Waals surface area (Å²) in [6.45, 7) is 8.58. The second-order valence-electron chi connectivity index (χ2n) is 15.6. The number of hydrogen-bond donors (Lipinski definition) is 2. The van der Waals surface area contributed by atoms with Crippen molar-refractivity contribution in [1.82, 2.24) is 40.0 Å². The number of nitrogens with one attached hydrogen (secondary N) is 2. The minimum atomic E-state index is -0.149. The van der Waals surface area contributed by atoms with Gasteiger partial charge < -0.3 is 20.4 Å². The van der Waals surface area contributed by atoms with Crippen molar-refractivity contribution in [1.29, 1.82) is 0 Å². The van der Waals surface area contributed by atoms with Gasteiger partial charge in [-0.1, -0.05) is 94.6 Å². The molecule has 4 aliphatic heterocycles. The topological polar surface area (TPSA) is 112 Å². The molecule has 2 atom stereocenters. The number of piperazine rings is 2. The highest BCUT2D eigenvalue weighted by atomic mass is 35.5. The summed E-state index contributed by atoms with van der Waals surface area (Å²) in [7, 11) is 0. The maximum Gasteiger partial charge on any atom is 0.228 e. The third kappa shape index (κ3) is 10.6. The molecule has 6 heterocycles. The van der Waals surface area contributed by atoms with E-state index < -0.39 is 0 Å². The molecule has 0 unspecified atom stereocenters. The van der Waals surface area contributed by atoms with Gasteiger partial charge in [-0.2, -0.15) is 9.97 Å². The highest BCUT2D eigenvalue weighted by Crippen LogP contribution is 2.30. The van der Waals surface area contributed by atoms with Crippen LogP contribution in [0.3, 0.4) is 0 Å². The smallest absolute Gasteiger partial charge is 0.228 e. The molecule has 4 aliphatic rings. The molecule has 320 valence electrons. The largest absolute Gasteiger partial charge is 0.366 e. The van der Waals surface area contributed by atoms with Crippen LogP contribution in [0.5, 0.6) is 0 Å². The molecule has 0 aliphatic carbocycles. The van der Waals surface area contributed by atoms with Crippen LogP contribution in [0.15, 0.2) is 48.5 Å². The van der Waals surface area contributed by atoms with E-state index in [1.54, 1.807) is 24.3 Å². The van der Waals surface area contributed by atoms with Gasteiger partial charge in [-0.3, -0.25) is 4.79 Å². The number of halogens is 6. The summed E-state index contributed by atoms with van der Waals surface area (Å²) >= 11 is 37.9. The van der Waals surface area contributed by atoms with Crippen LogP contribution in [0.1, 0.15) is 49.7 Å². The number of anilines is 4. The lowest BCUT2D eigenvalue weighted by Gasteiger charge is -2.50. The van der Waals surface area contributed by atoms with Crippen molar-refractivity contribution in [3.63, 3.8) is 0 Å². The Labute approximate surface area is 381 Å². The predicted octanol–water partition coefficient (Wildman–Crippen LogP) is 8.46. The van der Waals surface area contributed by atoms with Crippen LogP contribution >= 0.6 is 69.6 Å². The molecule has 4 saturated heterocycles. The number of hydrazine groups is 2. The fourth-order valence-corrected chi connectivity index (χ4v) is 9.90. The molecule has 60 heavy (non-hydrogen) atoms.